The number of carbonyl (C=O) groups is 1. The molecule has 0 aromatic heterocycles. The Morgan fingerprint density at radius 2 is 2.07 bits per heavy atom. The second-order valence-corrected chi connectivity index (χ2v) is 9.94. The van der Waals surface area contributed by atoms with E-state index in [1.807, 2.05) is 13.0 Å². The van der Waals surface area contributed by atoms with E-state index in [2.05, 4.69) is 13.5 Å². The van der Waals surface area contributed by atoms with Crippen molar-refractivity contribution in [2.75, 3.05) is 13.2 Å². The quantitative estimate of drug-likeness (QED) is 0.391. The number of hydrogen-bond acceptors (Lipinski definition) is 6. The number of hydrogen-bond donors (Lipinski definition) is 2. The van der Waals surface area contributed by atoms with Gasteiger partial charge in [0.05, 0.1) is 12.7 Å². The largest absolute Gasteiger partial charge is 0.458 e. The van der Waals surface area contributed by atoms with Gasteiger partial charge in [0.15, 0.2) is 0 Å². The van der Waals surface area contributed by atoms with Crippen molar-refractivity contribution in [2.24, 2.45) is 22.7 Å². The van der Waals surface area contributed by atoms with Crippen molar-refractivity contribution >= 4 is 16.4 Å². The molecule has 0 amide bonds. The van der Waals surface area contributed by atoms with Crippen LogP contribution >= 0.6 is 0 Å². The molecule has 28 heavy (non-hydrogen) atoms. The summed E-state index contributed by atoms with van der Waals surface area (Å²) < 4.78 is 41.8. The Labute approximate surface area is 166 Å². The fraction of sp³-hybridized carbons (Fsp3) is 0.750. The Hall–Kier alpha value is -1.22. The Kier molecular flexibility index (Phi) is 5.80. The summed E-state index contributed by atoms with van der Waals surface area (Å²) in [5.41, 5.74) is 0.842. The number of ether oxygens (including phenoxy) is 1. The van der Waals surface area contributed by atoms with E-state index < -0.39 is 21.9 Å². The lowest BCUT2D eigenvalue weighted by molar-refractivity contribution is -0.144. The van der Waals surface area contributed by atoms with Crippen LogP contribution in [0, 0.1) is 22.7 Å². The summed E-state index contributed by atoms with van der Waals surface area (Å²) in [6.07, 6.45) is 5.09. The topological polar surface area (TPSA) is 110 Å². The maximum absolute atomic E-state index is 11.8. The van der Waals surface area contributed by atoms with Crippen LogP contribution in [0.5, 0.6) is 0 Å². The minimum atomic E-state index is -4.60. The van der Waals surface area contributed by atoms with Gasteiger partial charge in [-0.3, -0.25) is 4.55 Å². The van der Waals surface area contributed by atoms with E-state index in [0.29, 0.717) is 31.4 Å². The summed E-state index contributed by atoms with van der Waals surface area (Å²) in [7, 11) is -4.60. The van der Waals surface area contributed by atoms with E-state index in [1.165, 1.54) is 0 Å². The number of aliphatic hydroxyl groups excluding tert-OH is 1. The molecule has 2 fully saturated rings. The zero-order valence-electron chi connectivity index (χ0n) is 16.5. The van der Waals surface area contributed by atoms with Gasteiger partial charge in [-0.2, -0.15) is 8.42 Å². The number of rotatable bonds is 6. The number of cyclic esters (lactones) is 1. The third kappa shape index (κ3) is 3.79. The maximum atomic E-state index is 11.8. The predicted octanol–water partition coefficient (Wildman–Crippen LogP) is 2.82. The van der Waals surface area contributed by atoms with Crippen molar-refractivity contribution in [1.82, 2.24) is 0 Å². The van der Waals surface area contributed by atoms with Crippen LogP contribution in [-0.2, 0) is 24.1 Å². The Balaban J connectivity index is 1.85. The lowest BCUT2D eigenvalue weighted by Gasteiger charge is -2.60. The molecule has 0 saturated heterocycles. The number of aliphatic hydroxyl groups is 1. The maximum Gasteiger partial charge on any atom is 0.397 e. The summed E-state index contributed by atoms with van der Waals surface area (Å²) in [6, 6.07) is 0. The number of fused-ring (bicyclic) bond motifs is 1. The lowest BCUT2D eigenvalue weighted by Crippen LogP contribution is -2.58. The van der Waals surface area contributed by atoms with Gasteiger partial charge in [0, 0.05) is 11.0 Å². The molecular formula is C20H30O7S. The van der Waals surface area contributed by atoms with Crippen molar-refractivity contribution in [3.8, 4) is 0 Å². The third-order valence-corrected chi connectivity index (χ3v) is 7.88. The Morgan fingerprint density at radius 1 is 1.36 bits per heavy atom. The number of carbonyl (C=O) groups excluding carboxylic acids is 1. The molecule has 0 spiro atoms. The van der Waals surface area contributed by atoms with Crippen molar-refractivity contribution in [2.45, 2.75) is 58.5 Å². The first-order chi connectivity index (χ1) is 13.0. The average molecular weight is 415 g/mol. The molecule has 158 valence electrons. The molecule has 3 rings (SSSR count). The second-order valence-electron chi connectivity index (χ2n) is 8.89. The molecule has 0 aromatic carbocycles. The van der Waals surface area contributed by atoms with Gasteiger partial charge in [0.2, 0.25) is 0 Å². The van der Waals surface area contributed by atoms with Crippen LogP contribution in [0.25, 0.3) is 0 Å². The third-order valence-electron chi connectivity index (χ3n) is 7.40. The lowest BCUT2D eigenvalue weighted by atomic mass is 9.46. The minimum Gasteiger partial charge on any atom is -0.458 e. The number of allylic oxidation sites excluding steroid dienone is 1. The Bertz CT molecular complexity index is 786. The molecule has 2 aliphatic carbocycles. The van der Waals surface area contributed by atoms with Crippen LogP contribution in [0.4, 0.5) is 0 Å². The zero-order chi connectivity index (χ0) is 20.7. The summed E-state index contributed by atoms with van der Waals surface area (Å²) in [4.78, 5) is 11.8. The summed E-state index contributed by atoms with van der Waals surface area (Å²) in [5.74, 6) is -0.0998. The predicted molar refractivity (Wildman–Crippen MR) is 103 cm³/mol. The highest BCUT2D eigenvalue weighted by Gasteiger charge is 2.58. The summed E-state index contributed by atoms with van der Waals surface area (Å²) in [5, 5.41) is 10.2. The summed E-state index contributed by atoms with van der Waals surface area (Å²) in [6.45, 7) is 8.39. The first-order valence-electron chi connectivity index (χ1n) is 9.81. The van der Waals surface area contributed by atoms with Crippen molar-refractivity contribution in [3.05, 3.63) is 23.8 Å². The number of esters is 1. The van der Waals surface area contributed by atoms with E-state index in [9.17, 15) is 22.9 Å². The molecule has 0 aromatic rings. The molecule has 7 nitrogen and oxygen atoms in total. The standard InChI is InChI=1S/C20H30O7S/c1-13-4-7-16-19(2,15(13)6-5-14-9-11-26-18(14)22)10-8-17(20(16,3)12-21)27-28(23,24)25/h9,15-17,21H,1,4-8,10-12H2,2-3H3,(H,23,24,25)/t15-,16+,17-,19+,20+/m1/s1. The highest BCUT2D eigenvalue weighted by Crippen LogP contribution is 2.62. The Morgan fingerprint density at radius 3 is 2.64 bits per heavy atom. The van der Waals surface area contributed by atoms with Gasteiger partial charge in [0.25, 0.3) is 0 Å². The SMILES string of the molecule is C=C1CC[C@@H]2[C@](C)(CO)[C@H](OS(=O)(=O)O)CC[C@@]2(C)[C@@H]1CCC1=CCOC1=O. The molecule has 0 radical (unpaired) electrons. The zero-order valence-corrected chi connectivity index (χ0v) is 17.3. The van der Waals surface area contributed by atoms with Crippen LogP contribution in [0.1, 0.15) is 52.4 Å². The van der Waals surface area contributed by atoms with Crippen molar-refractivity contribution in [1.29, 1.82) is 0 Å². The molecule has 2 saturated carbocycles. The van der Waals surface area contributed by atoms with Gasteiger partial charge < -0.3 is 9.84 Å². The molecule has 1 heterocycles. The fourth-order valence-electron chi connectivity index (χ4n) is 5.92. The summed E-state index contributed by atoms with van der Waals surface area (Å²) >= 11 is 0. The molecule has 0 unspecified atom stereocenters. The van der Waals surface area contributed by atoms with E-state index in [4.69, 9.17) is 8.92 Å². The molecule has 3 aliphatic rings. The van der Waals surface area contributed by atoms with Gasteiger partial charge in [0.1, 0.15) is 6.61 Å². The van der Waals surface area contributed by atoms with Crippen molar-refractivity contribution < 1.29 is 31.8 Å². The van der Waals surface area contributed by atoms with Gasteiger partial charge in [-0.25, -0.2) is 8.98 Å². The first kappa shape index (κ1) is 21.5. The monoisotopic (exact) mass is 414 g/mol. The first-order valence-corrected chi connectivity index (χ1v) is 11.2. The van der Waals surface area contributed by atoms with E-state index in [-0.39, 0.29) is 29.8 Å². The molecule has 0 bridgehead atoms. The van der Waals surface area contributed by atoms with Crippen LogP contribution in [-0.4, -0.2) is 43.4 Å². The normalized spacial score (nSPS) is 38.7. The molecule has 5 atom stereocenters. The second kappa shape index (κ2) is 7.55. The molecule has 1 aliphatic heterocycles. The van der Waals surface area contributed by atoms with Gasteiger partial charge >= 0.3 is 16.4 Å². The molecular weight excluding hydrogens is 384 g/mol. The van der Waals surface area contributed by atoms with E-state index in [0.717, 1.165) is 24.8 Å². The highest BCUT2D eigenvalue weighted by atomic mass is 32.3. The molecule has 2 N–H and O–H groups in total. The van der Waals surface area contributed by atoms with Crippen LogP contribution < -0.4 is 0 Å². The fourth-order valence-corrected chi connectivity index (χ4v) is 6.53. The van der Waals surface area contributed by atoms with Crippen molar-refractivity contribution in [3.63, 3.8) is 0 Å². The van der Waals surface area contributed by atoms with Crippen LogP contribution in [0.2, 0.25) is 0 Å². The smallest absolute Gasteiger partial charge is 0.397 e. The highest BCUT2D eigenvalue weighted by molar-refractivity contribution is 7.80. The van der Waals surface area contributed by atoms with Gasteiger partial charge in [-0.1, -0.05) is 26.0 Å². The van der Waals surface area contributed by atoms with Gasteiger partial charge in [-0.15, -0.1) is 0 Å². The molecule has 8 heteroatoms. The van der Waals surface area contributed by atoms with Gasteiger partial charge in [-0.05, 0) is 61.9 Å². The van der Waals surface area contributed by atoms with E-state index in [1.54, 1.807) is 0 Å². The van der Waals surface area contributed by atoms with Crippen LogP contribution in [0.3, 0.4) is 0 Å². The minimum absolute atomic E-state index is 0.00510. The van der Waals surface area contributed by atoms with E-state index >= 15 is 0 Å². The average Bonchev–Trinajstić information content (AvgIpc) is 3.01. The van der Waals surface area contributed by atoms with Crippen LogP contribution in [0.15, 0.2) is 23.8 Å².